The van der Waals surface area contributed by atoms with Crippen LogP contribution in [0.2, 0.25) is 0 Å². The predicted molar refractivity (Wildman–Crippen MR) is 59.5 cm³/mol. The van der Waals surface area contributed by atoms with Gasteiger partial charge in [-0.15, -0.1) is 0 Å². The van der Waals surface area contributed by atoms with Gasteiger partial charge in [-0.05, 0) is 19.3 Å². The Morgan fingerprint density at radius 1 is 1.33 bits per heavy atom. The minimum atomic E-state index is -0.190. The highest BCUT2D eigenvalue weighted by atomic mass is 16.5. The molecule has 0 heterocycles. The van der Waals surface area contributed by atoms with Crippen LogP contribution in [0.15, 0.2) is 11.6 Å². The Morgan fingerprint density at radius 3 is 2.60 bits per heavy atom. The fourth-order valence-electron chi connectivity index (χ4n) is 1.35. The first-order chi connectivity index (χ1) is 7.24. The van der Waals surface area contributed by atoms with Crippen molar-refractivity contribution in [3.05, 3.63) is 11.6 Å². The van der Waals surface area contributed by atoms with Gasteiger partial charge in [0.1, 0.15) is 6.29 Å². The Morgan fingerprint density at radius 2 is 2.07 bits per heavy atom. The summed E-state index contributed by atoms with van der Waals surface area (Å²) in [4.78, 5) is 21.2. The summed E-state index contributed by atoms with van der Waals surface area (Å²) in [6, 6.07) is 0. The number of carbonyl (C=O) groups excluding carboxylic acids is 2. The summed E-state index contributed by atoms with van der Waals surface area (Å²) in [5.74, 6) is -0.190. The largest absolute Gasteiger partial charge is 0.469 e. The van der Waals surface area contributed by atoms with Gasteiger partial charge < -0.3 is 9.53 Å². The number of carbonyl (C=O) groups is 2. The van der Waals surface area contributed by atoms with Crippen LogP contribution in [0.4, 0.5) is 0 Å². The molecule has 3 heteroatoms. The Labute approximate surface area is 91.5 Å². The van der Waals surface area contributed by atoms with Gasteiger partial charge >= 0.3 is 5.97 Å². The minimum absolute atomic E-state index is 0.190. The number of rotatable bonds is 8. The Bertz CT molecular complexity index is 219. The summed E-state index contributed by atoms with van der Waals surface area (Å²) in [5.41, 5.74) is 1.12. The molecule has 0 spiro atoms. The molecule has 3 nitrogen and oxygen atoms in total. The molecule has 0 aromatic rings. The third-order valence-electron chi connectivity index (χ3n) is 2.13. The summed E-state index contributed by atoms with van der Waals surface area (Å²) in [5, 5.41) is 0. The second-order valence-electron chi connectivity index (χ2n) is 3.46. The van der Waals surface area contributed by atoms with Gasteiger partial charge in [0.15, 0.2) is 0 Å². The predicted octanol–water partition coefficient (Wildman–Crippen LogP) is 2.65. The Balaban J connectivity index is 3.99. The van der Waals surface area contributed by atoms with Gasteiger partial charge in [-0.25, -0.2) is 0 Å². The van der Waals surface area contributed by atoms with E-state index in [1.807, 2.05) is 0 Å². The van der Waals surface area contributed by atoms with E-state index in [9.17, 15) is 9.59 Å². The van der Waals surface area contributed by atoms with E-state index in [4.69, 9.17) is 0 Å². The van der Waals surface area contributed by atoms with Crippen molar-refractivity contribution in [1.29, 1.82) is 0 Å². The molecule has 0 atom stereocenters. The SMILES string of the molecule is CCC/C(=C\CCCC=O)CC(=O)OC. The van der Waals surface area contributed by atoms with Gasteiger partial charge in [-0.1, -0.05) is 25.0 Å². The van der Waals surface area contributed by atoms with Crippen molar-refractivity contribution >= 4 is 12.3 Å². The number of esters is 1. The first-order valence-electron chi connectivity index (χ1n) is 5.43. The maximum atomic E-state index is 11.1. The second kappa shape index (κ2) is 9.44. The zero-order valence-corrected chi connectivity index (χ0v) is 9.62. The van der Waals surface area contributed by atoms with E-state index in [1.165, 1.54) is 7.11 Å². The van der Waals surface area contributed by atoms with Crippen molar-refractivity contribution in [1.82, 2.24) is 0 Å². The smallest absolute Gasteiger partial charge is 0.309 e. The number of ether oxygens (including phenoxy) is 1. The molecular weight excluding hydrogens is 192 g/mol. The molecule has 0 aliphatic carbocycles. The third-order valence-corrected chi connectivity index (χ3v) is 2.13. The lowest BCUT2D eigenvalue weighted by molar-refractivity contribution is -0.139. The van der Waals surface area contributed by atoms with Crippen molar-refractivity contribution < 1.29 is 14.3 Å². The zero-order valence-electron chi connectivity index (χ0n) is 9.62. The number of aldehydes is 1. The summed E-state index contributed by atoms with van der Waals surface area (Å²) in [7, 11) is 1.40. The van der Waals surface area contributed by atoms with Crippen molar-refractivity contribution in [3.63, 3.8) is 0 Å². The lowest BCUT2D eigenvalue weighted by Crippen LogP contribution is -2.02. The van der Waals surface area contributed by atoms with E-state index >= 15 is 0 Å². The maximum Gasteiger partial charge on any atom is 0.309 e. The van der Waals surface area contributed by atoms with Crippen LogP contribution in [-0.4, -0.2) is 19.4 Å². The maximum absolute atomic E-state index is 11.1. The standard InChI is InChI=1S/C12H20O3/c1-3-7-11(10-12(14)15-2)8-5-4-6-9-13/h8-9H,3-7,10H2,1-2H3/b11-8+. The highest BCUT2D eigenvalue weighted by molar-refractivity contribution is 5.72. The molecule has 0 saturated carbocycles. The topological polar surface area (TPSA) is 43.4 Å². The van der Waals surface area contributed by atoms with Crippen molar-refractivity contribution in [2.75, 3.05) is 7.11 Å². The van der Waals surface area contributed by atoms with Crippen LogP contribution >= 0.6 is 0 Å². The fourth-order valence-corrected chi connectivity index (χ4v) is 1.35. The van der Waals surface area contributed by atoms with E-state index in [2.05, 4.69) is 17.7 Å². The van der Waals surface area contributed by atoms with Crippen LogP contribution in [-0.2, 0) is 14.3 Å². The van der Waals surface area contributed by atoms with Gasteiger partial charge in [0.25, 0.3) is 0 Å². The Hall–Kier alpha value is -1.12. The molecule has 0 N–H and O–H groups in total. The van der Waals surface area contributed by atoms with Crippen LogP contribution in [0, 0.1) is 0 Å². The zero-order chi connectivity index (χ0) is 11.5. The van der Waals surface area contributed by atoms with Gasteiger partial charge in [-0.2, -0.15) is 0 Å². The lowest BCUT2D eigenvalue weighted by atomic mass is 10.0. The fraction of sp³-hybridized carbons (Fsp3) is 0.667. The molecular formula is C12H20O3. The third kappa shape index (κ3) is 7.91. The average molecular weight is 212 g/mol. The first kappa shape index (κ1) is 13.9. The van der Waals surface area contributed by atoms with Crippen LogP contribution < -0.4 is 0 Å². The van der Waals surface area contributed by atoms with Gasteiger partial charge in [0, 0.05) is 6.42 Å². The normalized spacial score (nSPS) is 11.2. The Kier molecular flexibility index (Phi) is 8.73. The molecule has 0 aliphatic heterocycles. The van der Waals surface area contributed by atoms with Gasteiger partial charge in [0.2, 0.25) is 0 Å². The molecule has 0 rings (SSSR count). The monoisotopic (exact) mass is 212 g/mol. The quantitative estimate of drug-likeness (QED) is 0.269. The highest BCUT2D eigenvalue weighted by Gasteiger charge is 2.04. The summed E-state index contributed by atoms with van der Waals surface area (Å²) in [6.07, 6.45) is 7.63. The lowest BCUT2D eigenvalue weighted by Gasteiger charge is -2.04. The molecule has 0 bridgehead atoms. The molecule has 0 fully saturated rings. The second-order valence-corrected chi connectivity index (χ2v) is 3.46. The average Bonchev–Trinajstić information content (AvgIpc) is 2.24. The van der Waals surface area contributed by atoms with Crippen LogP contribution in [0.3, 0.4) is 0 Å². The van der Waals surface area contributed by atoms with Crippen molar-refractivity contribution in [3.8, 4) is 0 Å². The van der Waals surface area contributed by atoms with Crippen LogP contribution in [0.1, 0.15) is 45.4 Å². The summed E-state index contributed by atoms with van der Waals surface area (Å²) in [6.45, 7) is 2.08. The van der Waals surface area contributed by atoms with E-state index in [-0.39, 0.29) is 5.97 Å². The van der Waals surface area contributed by atoms with E-state index in [1.54, 1.807) is 0 Å². The molecule has 15 heavy (non-hydrogen) atoms. The molecule has 0 unspecified atom stereocenters. The molecule has 0 saturated heterocycles. The molecule has 0 aromatic heterocycles. The van der Waals surface area contributed by atoms with Crippen LogP contribution in [0.5, 0.6) is 0 Å². The number of methoxy groups -OCH3 is 1. The minimum Gasteiger partial charge on any atom is -0.469 e. The van der Waals surface area contributed by atoms with Crippen molar-refractivity contribution in [2.45, 2.75) is 45.4 Å². The van der Waals surface area contributed by atoms with Crippen molar-refractivity contribution in [2.24, 2.45) is 0 Å². The van der Waals surface area contributed by atoms with Gasteiger partial charge in [0.05, 0.1) is 13.5 Å². The first-order valence-corrected chi connectivity index (χ1v) is 5.43. The number of unbranched alkanes of at least 4 members (excludes halogenated alkanes) is 2. The van der Waals surface area contributed by atoms with Gasteiger partial charge in [-0.3, -0.25) is 4.79 Å². The number of hydrogen-bond acceptors (Lipinski definition) is 3. The number of hydrogen-bond donors (Lipinski definition) is 0. The molecule has 0 aromatic carbocycles. The molecule has 0 radical (unpaired) electrons. The number of allylic oxidation sites excluding steroid dienone is 1. The van der Waals surface area contributed by atoms with E-state index in [0.29, 0.717) is 12.8 Å². The van der Waals surface area contributed by atoms with E-state index < -0.39 is 0 Å². The highest BCUT2D eigenvalue weighted by Crippen LogP contribution is 2.12. The summed E-state index contributed by atoms with van der Waals surface area (Å²) < 4.78 is 4.62. The summed E-state index contributed by atoms with van der Waals surface area (Å²) >= 11 is 0. The molecule has 86 valence electrons. The van der Waals surface area contributed by atoms with E-state index in [0.717, 1.165) is 37.5 Å². The molecule has 0 aliphatic rings. The molecule has 0 amide bonds. The van der Waals surface area contributed by atoms with Crippen LogP contribution in [0.25, 0.3) is 0 Å².